The van der Waals surface area contributed by atoms with Gasteiger partial charge in [0.1, 0.15) is 28.7 Å². The zero-order valence-electron chi connectivity index (χ0n) is 23.7. The van der Waals surface area contributed by atoms with Crippen LogP contribution < -0.4 is 39.6 Å². The second-order valence-electron chi connectivity index (χ2n) is 9.17. The van der Waals surface area contributed by atoms with E-state index in [9.17, 15) is 0 Å². The van der Waals surface area contributed by atoms with Gasteiger partial charge in [-0.2, -0.15) is 0 Å². The van der Waals surface area contributed by atoms with Crippen LogP contribution in [0.25, 0.3) is 0 Å². The quantitative estimate of drug-likeness (QED) is 0.194. The first-order valence-electron chi connectivity index (χ1n) is 12.8. The van der Waals surface area contributed by atoms with Gasteiger partial charge in [0.05, 0.1) is 56.7 Å². The van der Waals surface area contributed by atoms with Crippen LogP contribution in [0.1, 0.15) is 18.9 Å². The lowest BCUT2D eigenvalue weighted by Crippen LogP contribution is -2.28. The summed E-state index contributed by atoms with van der Waals surface area (Å²) in [4.78, 5) is 0. The average molecular weight is 635 g/mol. The van der Waals surface area contributed by atoms with Crippen LogP contribution in [0.5, 0.6) is 28.7 Å². The van der Waals surface area contributed by atoms with Crippen LogP contribution in [0.2, 0.25) is 0 Å². The summed E-state index contributed by atoms with van der Waals surface area (Å²) in [6, 6.07) is 15.8. The van der Waals surface area contributed by atoms with E-state index in [-0.39, 0.29) is 6.79 Å². The molecule has 216 valence electrons. The molecule has 0 spiro atoms. The van der Waals surface area contributed by atoms with Crippen molar-refractivity contribution in [2.24, 2.45) is 0 Å². The molecular weight excluding hydrogens is 599 g/mol. The first-order chi connectivity index (χ1) is 19.4. The molecule has 1 fully saturated rings. The van der Waals surface area contributed by atoms with Gasteiger partial charge in [-0.25, -0.2) is 0 Å². The molecular formula is C30H36BrO8P. The second-order valence-corrected chi connectivity index (χ2v) is 12.1. The van der Waals surface area contributed by atoms with Gasteiger partial charge < -0.3 is 37.9 Å². The number of benzene rings is 3. The van der Waals surface area contributed by atoms with Crippen molar-refractivity contribution in [1.29, 1.82) is 0 Å². The highest BCUT2D eigenvalue weighted by atomic mass is 79.9. The molecule has 0 bridgehead atoms. The third kappa shape index (κ3) is 6.50. The molecule has 10 heteroatoms. The number of methoxy groups -OCH3 is 5. The topological polar surface area (TPSA) is 73.8 Å². The highest BCUT2D eigenvalue weighted by Crippen LogP contribution is 2.49. The maximum atomic E-state index is 6.22. The van der Waals surface area contributed by atoms with Gasteiger partial charge >= 0.3 is 0 Å². The largest absolute Gasteiger partial charge is 0.496 e. The Hall–Kier alpha value is -2.55. The van der Waals surface area contributed by atoms with Gasteiger partial charge in [0.2, 0.25) is 0 Å². The Morgan fingerprint density at radius 3 is 1.75 bits per heavy atom. The monoisotopic (exact) mass is 634 g/mol. The van der Waals surface area contributed by atoms with Crippen LogP contribution in [-0.2, 0) is 20.6 Å². The third-order valence-corrected chi connectivity index (χ3v) is 9.84. The summed E-state index contributed by atoms with van der Waals surface area (Å²) in [5, 5.41) is 2.65. The Balaban J connectivity index is 2.01. The third-order valence-electron chi connectivity index (χ3n) is 6.66. The Morgan fingerprint density at radius 1 is 0.800 bits per heavy atom. The van der Waals surface area contributed by atoms with Crippen LogP contribution in [-0.4, -0.2) is 61.3 Å². The molecule has 1 aliphatic heterocycles. The number of hydrogen-bond acceptors (Lipinski definition) is 8. The lowest BCUT2D eigenvalue weighted by atomic mass is 10.1. The van der Waals surface area contributed by atoms with Gasteiger partial charge in [0.25, 0.3) is 0 Å². The molecule has 1 aliphatic rings. The number of halogens is 1. The van der Waals surface area contributed by atoms with E-state index in [4.69, 9.17) is 37.9 Å². The maximum absolute atomic E-state index is 6.22. The predicted octanol–water partition coefficient (Wildman–Crippen LogP) is 4.92. The highest BCUT2D eigenvalue weighted by Gasteiger charge is 2.34. The molecule has 0 N–H and O–H groups in total. The van der Waals surface area contributed by atoms with Crippen LogP contribution in [0.4, 0.5) is 0 Å². The minimum absolute atomic E-state index is 0.0694. The van der Waals surface area contributed by atoms with E-state index < -0.39 is 13.7 Å². The van der Waals surface area contributed by atoms with E-state index in [1.807, 2.05) is 43.3 Å². The molecule has 40 heavy (non-hydrogen) atoms. The van der Waals surface area contributed by atoms with E-state index in [1.54, 1.807) is 35.5 Å². The average Bonchev–Trinajstić information content (AvgIpc) is 3.42. The van der Waals surface area contributed by atoms with Gasteiger partial charge in [-0.1, -0.05) is 12.1 Å². The normalized spacial score (nSPS) is 14.3. The van der Waals surface area contributed by atoms with E-state index in [1.165, 1.54) is 0 Å². The maximum Gasteiger partial charge on any atom is 0.188 e. The summed E-state index contributed by atoms with van der Waals surface area (Å²) < 4.78 is 47.7. The van der Waals surface area contributed by atoms with Crippen molar-refractivity contribution in [2.45, 2.75) is 25.6 Å². The zero-order chi connectivity index (χ0) is 28.7. The van der Waals surface area contributed by atoms with Crippen molar-refractivity contribution >= 4 is 39.8 Å². The molecule has 0 amide bonds. The summed E-state index contributed by atoms with van der Waals surface area (Å²) in [5.41, 5.74) is 1.09. The van der Waals surface area contributed by atoms with E-state index in [2.05, 4.69) is 28.1 Å². The molecule has 1 heterocycles. The van der Waals surface area contributed by atoms with E-state index >= 15 is 0 Å². The zero-order valence-corrected chi connectivity index (χ0v) is 26.2. The fourth-order valence-electron chi connectivity index (χ4n) is 4.73. The number of rotatable bonds is 13. The van der Waals surface area contributed by atoms with Crippen molar-refractivity contribution in [2.75, 3.05) is 55.6 Å². The minimum Gasteiger partial charge on any atom is -0.496 e. The molecule has 0 aromatic heterocycles. The van der Waals surface area contributed by atoms with Gasteiger partial charge in [0.15, 0.2) is 12.6 Å². The Kier molecular flexibility index (Phi) is 10.6. The van der Waals surface area contributed by atoms with E-state index in [0.717, 1.165) is 32.4 Å². The van der Waals surface area contributed by atoms with Crippen LogP contribution in [0, 0.1) is 0 Å². The van der Waals surface area contributed by atoms with Gasteiger partial charge in [-0.05, 0) is 71.2 Å². The Labute approximate surface area is 245 Å². The lowest BCUT2D eigenvalue weighted by molar-refractivity contribution is -0.146. The summed E-state index contributed by atoms with van der Waals surface area (Å²) in [6.45, 7) is 3.25. The van der Waals surface area contributed by atoms with Crippen molar-refractivity contribution < 1.29 is 37.9 Å². The smallest absolute Gasteiger partial charge is 0.188 e. The minimum atomic E-state index is -1.43. The van der Waals surface area contributed by atoms with Gasteiger partial charge in [-0.3, -0.25) is 0 Å². The molecule has 3 aromatic rings. The molecule has 0 atom stereocenters. The number of aryl methyl sites for hydroxylation is 1. The Morgan fingerprint density at radius 2 is 1.30 bits per heavy atom. The lowest BCUT2D eigenvalue weighted by Gasteiger charge is -2.29. The van der Waals surface area contributed by atoms with E-state index in [0.29, 0.717) is 48.4 Å². The fourth-order valence-corrected chi connectivity index (χ4v) is 8.44. The SMILES string of the molecule is COCOc1c(Br)cc(CCC2(C)OCCO2)cc1P(c1c(OC)cccc1OC)c1c(OC)cccc1OC. The molecule has 0 unspecified atom stereocenters. The summed E-state index contributed by atoms with van der Waals surface area (Å²) >= 11 is 3.79. The number of ether oxygens (including phenoxy) is 8. The molecule has 1 saturated heterocycles. The summed E-state index contributed by atoms with van der Waals surface area (Å²) in [6.07, 6.45) is 1.42. The first-order valence-corrected chi connectivity index (χ1v) is 15.0. The van der Waals surface area contributed by atoms with Crippen molar-refractivity contribution in [1.82, 2.24) is 0 Å². The number of hydrogen-bond donors (Lipinski definition) is 0. The predicted molar refractivity (Wildman–Crippen MR) is 160 cm³/mol. The Bertz CT molecular complexity index is 1190. The van der Waals surface area contributed by atoms with Crippen LogP contribution >= 0.6 is 23.9 Å². The molecule has 0 aliphatic carbocycles. The second kappa shape index (κ2) is 13.9. The molecule has 4 rings (SSSR count). The molecule has 0 saturated carbocycles. The summed E-state index contributed by atoms with van der Waals surface area (Å²) in [7, 11) is 6.79. The van der Waals surface area contributed by atoms with Crippen molar-refractivity contribution in [3.63, 3.8) is 0 Å². The van der Waals surface area contributed by atoms with Gasteiger partial charge in [0, 0.05) is 26.8 Å². The standard InChI is InChI=1S/C30H36BrO8P/c1-30(38-15-16-39-30)14-13-20-17-21(31)27(37-19-32-2)26(18-20)40(28-22(33-3)9-7-10-23(28)34-4)29-24(35-5)11-8-12-25(29)36-6/h7-12,17-18H,13-16,19H2,1-6H3. The highest BCUT2D eigenvalue weighted by molar-refractivity contribution is 9.10. The molecule has 3 aromatic carbocycles. The van der Waals surface area contributed by atoms with Crippen molar-refractivity contribution in [3.05, 3.63) is 58.6 Å². The molecule has 8 nitrogen and oxygen atoms in total. The molecule has 0 radical (unpaired) electrons. The van der Waals surface area contributed by atoms with Crippen molar-refractivity contribution in [3.8, 4) is 28.7 Å². The van der Waals surface area contributed by atoms with Crippen LogP contribution in [0.15, 0.2) is 53.0 Å². The first kappa shape index (κ1) is 30.4. The summed E-state index contributed by atoms with van der Waals surface area (Å²) in [5.74, 6) is 2.75. The van der Waals surface area contributed by atoms with Crippen LogP contribution in [0.3, 0.4) is 0 Å². The van der Waals surface area contributed by atoms with Gasteiger partial charge in [-0.15, -0.1) is 0 Å². The fraction of sp³-hybridized carbons (Fsp3) is 0.400.